The number of carbonyl (C=O) groups excluding carboxylic acids is 1. The first-order valence-corrected chi connectivity index (χ1v) is 6.91. The van der Waals surface area contributed by atoms with Crippen LogP contribution < -0.4 is 15.8 Å². The molecule has 0 radical (unpaired) electrons. The number of ether oxygens (including phenoxy) is 2. The molecule has 0 aromatic heterocycles. The van der Waals surface area contributed by atoms with Crippen molar-refractivity contribution in [3.63, 3.8) is 0 Å². The molecule has 0 atom stereocenters. The van der Waals surface area contributed by atoms with Gasteiger partial charge in [-0.15, -0.1) is 0 Å². The molecular weight excluding hydrogens is 326 g/mol. The van der Waals surface area contributed by atoms with Crippen LogP contribution in [0.2, 0.25) is 0 Å². The van der Waals surface area contributed by atoms with E-state index >= 15 is 0 Å². The van der Waals surface area contributed by atoms with Gasteiger partial charge < -0.3 is 20.5 Å². The molecular formula is C13H18BrN3O3. The van der Waals surface area contributed by atoms with Gasteiger partial charge in [-0.2, -0.15) is 0 Å². The maximum Gasteiger partial charge on any atom is 0.302 e. The summed E-state index contributed by atoms with van der Waals surface area (Å²) in [5.41, 5.74) is 6.21. The Morgan fingerprint density at radius 2 is 2.20 bits per heavy atom. The van der Waals surface area contributed by atoms with Crippen LogP contribution in [0.4, 0.5) is 0 Å². The van der Waals surface area contributed by atoms with Crippen LogP contribution in [-0.2, 0) is 16.1 Å². The summed E-state index contributed by atoms with van der Waals surface area (Å²) in [4.78, 5) is 10.6. The molecule has 1 aromatic carbocycles. The van der Waals surface area contributed by atoms with Crippen molar-refractivity contribution in [2.75, 3.05) is 13.2 Å². The summed E-state index contributed by atoms with van der Waals surface area (Å²) in [6.45, 7) is 2.69. The molecule has 7 heteroatoms. The highest BCUT2D eigenvalue weighted by molar-refractivity contribution is 9.10. The molecule has 0 saturated carbocycles. The minimum atomic E-state index is -0.284. The number of nitrogens with one attached hydrogen (secondary N) is 2. The molecule has 6 nitrogen and oxygen atoms in total. The van der Waals surface area contributed by atoms with E-state index in [4.69, 9.17) is 20.6 Å². The number of guanidine groups is 1. The normalized spacial score (nSPS) is 9.90. The first kappa shape index (κ1) is 16.3. The lowest BCUT2D eigenvalue weighted by Gasteiger charge is -2.10. The van der Waals surface area contributed by atoms with Gasteiger partial charge >= 0.3 is 5.97 Å². The van der Waals surface area contributed by atoms with Gasteiger partial charge in [0.25, 0.3) is 0 Å². The van der Waals surface area contributed by atoms with Crippen LogP contribution in [0.15, 0.2) is 22.7 Å². The smallest absolute Gasteiger partial charge is 0.302 e. The fourth-order valence-electron chi connectivity index (χ4n) is 1.43. The molecule has 0 heterocycles. The van der Waals surface area contributed by atoms with Gasteiger partial charge in [0.05, 0.1) is 17.7 Å². The molecule has 0 unspecified atom stereocenters. The molecule has 0 aliphatic carbocycles. The zero-order valence-corrected chi connectivity index (χ0v) is 12.8. The standard InChI is InChI=1S/C13H18BrN3O3/c1-9(18)19-5-2-6-20-12-4-3-10(7-11(12)14)8-17-13(15)16/h3-4,7H,2,5-6,8H2,1H3,(H4,15,16,17). The second-order valence-corrected chi connectivity index (χ2v) is 4.93. The molecule has 110 valence electrons. The van der Waals surface area contributed by atoms with Crippen LogP contribution in [0, 0.1) is 5.41 Å². The van der Waals surface area contributed by atoms with Gasteiger partial charge in [0.2, 0.25) is 0 Å². The molecule has 0 aliphatic rings. The highest BCUT2D eigenvalue weighted by atomic mass is 79.9. The number of hydrogen-bond acceptors (Lipinski definition) is 4. The zero-order chi connectivity index (χ0) is 15.0. The Bertz CT molecular complexity index is 480. The van der Waals surface area contributed by atoms with Gasteiger partial charge in [0.15, 0.2) is 5.96 Å². The number of nitrogens with two attached hydrogens (primary N) is 1. The Hall–Kier alpha value is -1.76. The number of rotatable bonds is 7. The van der Waals surface area contributed by atoms with E-state index in [2.05, 4.69) is 21.2 Å². The molecule has 0 saturated heterocycles. The average Bonchev–Trinajstić information content (AvgIpc) is 2.37. The molecule has 1 rings (SSSR count). The Balaban J connectivity index is 2.39. The van der Waals surface area contributed by atoms with Crippen molar-refractivity contribution in [2.24, 2.45) is 5.73 Å². The predicted octanol–water partition coefficient (Wildman–Crippen LogP) is 1.76. The monoisotopic (exact) mass is 343 g/mol. The van der Waals surface area contributed by atoms with Crippen LogP contribution >= 0.6 is 15.9 Å². The van der Waals surface area contributed by atoms with Crippen LogP contribution in [0.1, 0.15) is 18.9 Å². The Morgan fingerprint density at radius 1 is 1.45 bits per heavy atom. The van der Waals surface area contributed by atoms with Crippen molar-refractivity contribution < 1.29 is 14.3 Å². The molecule has 0 fully saturated rings. The van der Waals surface area contributed by atoms with E-state index in [1.165, 1.54) is 6.92 Å². The third kappa shape index (κ3) is 6.42. The van der Waals surface area contributed by atoms with Crippen molar-refractivity contribution in [1.82, 2.24) is 5.32 Å². The quantitative estimate of drug-likeness (QED) is 0.303. The van der Waals surface area contributed by atoms with Gasteiger partial charge in [0, 0.05) is 19.9 Å². The van der Waals surface area contributed by atoms with Gasteiger partial charge in [-0.3, -0.25) is 10.2 Å². The van der Waals surface area contributed by atoms with Crippen LogP contribution in [0.5, 0.6) is 5.75 Å². The number of carbonyl (C=O) groups is 1. The SMILES string of the molecule is CC(=O)OCCCOc1ccc(CNC(=N)N)cc1Br. The van der Waals surface area contributed by atoms with Gasteiger partial charge in [0.1, 0.15) is 5.75 Å². The Morgan fingerprint density at radius 3 is 2.80 bits per heavy atom. The number of benzene rings is 1. The predicted molar refractivity (Wildman–Crippen MR) is 79.6 cm³/mol. The fourth-order valence-corrected chi connectivity index (χ4v) is 1.97. The molecule has 0 amide bonds. The van der Waals surface area contributed by atoms with Gasteiger partial charge in [-0.25, -0.2) is 0 Å². The maximum atomic E-state index is 10.6. The topological polar surface area (TPSA) is 97.4 Å². The van der Waals surface area contributed by atoms with Crippen LogP contribution in [-0.4, -0.2) is 25.1 Å². The number of halogens is 1. The number of esters is 1. The first-order chi connectivity index (χ1) is 9.49. The summed E-state index contributed by atoms with van der Waals surface area (Å²) in [5, 5.41) is 9.82. The molecule has 20 heavy (non-hydrogen) atoms. The summed E-state index contributed by atoms with van der Waals surface area (Å²) in [6.07, 6.45) is 0.639. The Kier molecular flexibility index (Phi) is 6.86. The lowest BCUT2D eigenvalue weighted by Crippen LogP contribution is -2.29. The average molecular weight is 344 g/mol. The van der Waals surface area contributed by atoms with Crippen molar-refractivity contribution >= 4 is 27.9 Å². The van der Waals surface area contributed by atoms with E-state index in [-0.39, 0.29) is 11.9 Å². The molecule has 0 spiro atoms. The van der Waals surface area contributed by atoms with Crippen LogP contribution in [0.25, 0.3) is 0 Å². The summed E-state index contributed by atoms with van der Waals surface area (Å²) < 4.78 is 11.2. The van der Waals surface area contributed by atoms with E-state index in [9.17, 15) is 4.79 Å². The Labute approximate surface area is 126 Å². The van der Waals surface area contributed by atoms with Crippen molar-refractivity contribution in [3.8, 4) is 5.75 Å². The summed E-state index contributed by atoms with van der Waals surface area (Å²) in [7, 11) is 0. The third-order valence-corrected chi connectivity index (χ3v) is 2.95. The highest BCUT2D eigenvalue weighted by Crippen LogP contribution is 2.26. The molecule has 1 aromatic rings. The van der Waals surface area contributed by atoms with Gasteiger partial charge in [-0.1, -0.05) is 6.07 Å². The van der Waals surface area contributed by atoms with Gasteiger partial charge in [-0.05, 0) is 33.6 Å². The van der Waals surface area contributed by atoms with Crippen molar-refractivity contribution in [1.29, 1.82) is 5.41 Å². The minimum absolute atomic E-state index is 0.0630. The second-order valence-electron chi connectivity index (χ2n) is 4.07. The van der Waals surface area contributed by atoms with Crippen molar-refractivity contribution in [2.45, 2.75) is 19.9 Å². The zero-order valence-electron chi connectivity index (χ0n) is 11.2. The van der Waals surface area contributed by atoms with Crippen LogP contribution in [0.3, 0.4) is 0 Å². The highest BCUT2D eigenvalue weighted by Gasteiger charge is 2.03. The summed E-state index contributed by atoms with van der Waals surface area (Å²) in [5.74, 6) is 0.375. The molecule has 0 bridgehead atoms. The largest absolute Gasteiger partial charge is 0.492 e. The van der Waals surface area contributed by atoms with E-state index in [0.29, 0.717) is 26.2 Å². The van der Waals surface area contributed by atoms with E-state index in [1.54, 1.807) is 0 Å². The van der Waals surface area contributed by atoms with E-state index < -0.39 is 0 Å². The maximum absolute atomic E-state index is 10.6. The molecule has 4 N–H and O–H groups in total. The summed E-state index contributed by atoms with van der Waals surface area (Å²) in [6, 6.07) is 5.63. The second kappa shape index (κ2) is 8.42. The van der Waals surface area contributed by atoms with Crippen molar-refractivity contribution in [3.05, 3.63) is 28.2 Å². The van der Waals surface area contributed by atoms with E-state index in [1.807, 2.05) is 18.2 Å². The summed E-state index contributed by atoms with van der Waals surface area (Å²) >= 11 is 3.42. The lowest BCUT2D eigenvalue weighted by atomic mass is 10.2. The van der Waals surface area contributed by atoms with E-state index in [0.717, 1.165) is 15.8 Å². The minimum Gasteiger partial charge on any atom is -0.492 e. The fraction of sp³-hybridized carbons (Fsp3) is 0.385. The molecule has 0 aliphatic heterocycles. The first-order valence-electron chi connectivity index (χ1n) is 6.11. The lowest BCUT2D eigenvalue weighted by molar-refractivity contribution is -0.141. The third-order valence-electron chi connectivity index (χ3n) is 2.33. The number of hydrogen-bond donors (Lipinski definition) is 3.